The number of nitrogens with two attached hydrogens (primary N) is 1. The van der Waals surface area contributed by atoms with Gasteiger partial charge < -0.3 is 11.1 Å². The van der Waals surface area contributed by atoms with E-state index in [9.17, 15) is 4.79 Å². The number of hydrogen-bond acceptors (Lipinski definition) is 7. The van der Waals surface area contributed by atoms with Gasteiger partial charge in [0.1, 0.15) is 22.4 Å². The molecule has 2 aromatic rings. The van der Waals surface area contributed by atoms with Crippen LogP contribution in [-0.2, 0) is 0 Å². The van der Waals surface area contributed by atoms with E-state index in [1.807, 2.05) is 6.21 Å². The first-order valence-electron chi connectivity index (χ1n) is 8.93. The molecule has 2 aliphatic rings. The standard InChI is InChI=1S/C18H24N6OS/c1-18(2,3)9-21-12-8-11(19)13-15(22-12)24(10-4-5-10)17(25)14(23-13)16-20-6-7-26-16/h6,8,10,16H,4-5,7,9H2,1-3H3,(H3,19,21,22). The normalized spacial score (nSPS) is 20.0. The molecule has 3 heterocycles. The summed E-state index contributed by atoms with van der Waals surface area (Å²) in [7, 11) is 0. The van der Waals surface area contributed by atoms with Crippen molar-refractivity contribution in [2.75, 3.05) is 23.3 Å². The molecule has 0 radical (unpaired) electrons. The number of rotatable bonds is 4. The smallest absolute Gasteiger partial charge is 0.277 e. The van der Waals surface area contributed by atoms with Gasteiger partial charge in [-0.05, 0) is 18.3 Å². The maximum atomic E-state index is 13.1. The summed E-state index contributed by atoms with van der Waals surface area (Å²) >= 11 is 1.61. The van der Waals surface area contributed by atoms with Crippen LogP contribution < -0.4 is 16.6 Å². The highest BCUT2D eigenvalue weighted by molar-refractivity contribution is 8.00. The Bertz CT molecular complexity index is 941. The molecule has 1 saturated carbocycles. The highest BCUT2D eigenvalue weighted by Crippen LogP contribution is 2.38. The van der Waals surface area contributed by atoms with Gasteiger partial charge in [-0.2, -0.15) is 0 Å². The van der Waals surface area contributed by atoms with Gasteiger partial charge in [0.15, 0.2) is 5.65 Å². The minimum atomic E-state index is -0.241. The molecule has 2 aromatic heterocycles. The first kappa shape index (κ1) is 17.3. The van der Waals surface area contributed by atoms with Crippen LogP contribution in [0.5, 0.6) is 0 Å². The third kappa shape index (κ3) is 3.30. The average Bonchev–Trinajstić information content (AvgIpc) is 3.25. The summed E-state index contributed by atoms with van der Waals surface area (Å²) < 4.78 is 1.78. The number of nitrogen functional groups attached to an aromatic ring is 1. The molecule has 3 N–H and O–H groups in total. The number of aromatic nitrogens is 3. The lowest BCUT2D eigenvalue weighted by Gasteiger charge is -2.20. The van der Waals surface area contributed by atoms with E-state index < -0.39 is 0 Å². The minimum absolute atomic E-state index is 0.0866. The number of anilines is 2. The Labute approximate surface area is 156 Å². The molecule has 8 heteroatoms. The van der Waals surface area contributed by atoms with E-state index in [4.69, 9.17) is 10.7 Å². The second kappa shape index (κ2) is 6.26. The van der Waals surface area contributed by atoms with Gasteiger partial charge in [0.25, 0.3) is 5.56 Å². The molecule has 1 aliphatic carbocycles. The lowest BCUT2D eigenvalue weighted by Crippen LogP contribution is -2.27. The van der Waals surface area contributed by atoms with Crippen LogP contribution in [0.3, 0.4) is 0 Å². The first-order valence-corrected chi connectivity index (χ1v) is 9.98. The van der Waals surface area contributed by atoms with Crippen LogP contribution in [0.25, 0.3) is 11.2 Å². The van der Waals surface area contributed by atoms with E-state index in [0.29, 0.717) is 28.4 Å². The van der Waals surface area contributed by atoms with Crippen LogP contribution in [0.4, 0.5) is 11.5 Å². The largest absolute Gasteiger partial charge is 0.397 e. The van der Waals surface area contributed by atoms with Crippen molar-refractivity contribution in [3.63, 3.8) is 0 Å². The molecule has 1 fully saturated rings. The van der Waals surface area contributed by atoms with E-state index in [-0.39, 0.29) is 22.4 Å². The monoisotopic (exact) mass is 372 g/mol. The maximum absolute atomic E-state index is 13.1. The van der Waals surface area contributed by atoms with Gasteiger partial charge in [-0.15, -0.1) is 11.8 Å². The highest BCUT2D eigenvalue weighted by Gasteiger charge is 2.31. The van der Waals surface area contributed by atoms with Crippen molar-refractivity contribution in [3.8, 4) is 0 Å². The van der Waals surface area contributed by atoms with Crippen molar-refractivity contribution in [2.24, 2.45) is 10.4 Å². The molecule has 0 bridgehead atoms. The molecular weight excluding hydrogens is 348 g/mol. The third-order valence-corrected chi connectivity index (χ3v) is 5.42. The predicted molar refractivity (Wildman–Crippen MR) is 108 cm³/mol. The number of nitrogens with zero attached hydrogens (tertiary/aromatic N) is 4. The number of nitrogens with one attached hydrogen (secondary N) is 1. The van der Waals surface area contributed by atoms with Crippen molar-refractivity contribution in [3.05, 3.63) is 22.1 Å². The molecule has 1 atom stereocenters. The molecule has 138 valence electrons. The van der Waals surface area contributed by atoms with Crippen molar-refractivity contribution < 1.29 is 0 Å². The summed E-state index contributed by atoms with van der Waals surface area (Å²) in [4.78, 5) is 26.8. The molecule has 0 amide bonds. The van der Waals surface area contributed by atoms with Gasteiger partial charge in [-0.1, -0.05) is 20.8 Å². The van der Waals surface area contributed by atoms with Crippen LogP contribution in [0.1, 0.15) is 50.7 Å². The summed E-state index contributed by atoms with van der Waals surface area (Å²) in [6.07, 6.45) is 3.81. The van der Waals surface area contributed by atoms with E-state index in [0.717, 1.165) is 25.1 Å². The van der Waals surface area contributed by atoms with Crippen LogP contribution >= 0.6 is 11.8 Å². The fourth-order valence-electron chi connectivity index (χ4n) is 2.96. The van der Waals surface area contributed by atoms with Crippen molar-refractivity contribution >= 4 is 40.6 Å². The second-order valence-corrected chi connectivity index (χ2v) is 9.22. The number of hydrogen-bond donors (Lipinski definition) is 2. The Morgan fingerprint density at radius 1 is 1.35 bits per heavy atom. The van der Waals surface area contributed by atoms with Crippen molar-refractivity contribution in [2.45, 2.75) is 45.0 Å². The van der Waals surface area contributed by atoms with Gasteiger partial charge in [0, 0.05) is 30.6 Å². The Morgan fingerprint density at radius 2 is 2.12 bits per heavy atom. The summed E-state index contributed by atoms with van der Waals surface area (Å²) in [6.45, 7) is 7.21. The topological polar surface area (TPSA) is 98.2 Å². The molecule has 26 heavy (non-hydrogen) atoms. The van der Waals surface area contributed by atoms with Crippen LogP contribution in [0.15, 0.2) is 15.9 Å². The molecular formula is C18H24N6OS. The highest BCUT2D eigenvalue weighted by atomic mass is 32.2. The number of fused-ring (bicyclic) bond motifs is 1. The molecule has 1 aliphatic heterocycles. The zero-order valence-electron chi connectivity index (χ0n) is 15.3. The van der Waals surface area contributed by atoms with Crippen LogP contribution in [0.2, 0.25) is 0 Å². The fourth-order valence-corrected chi connectivity index (χ4v) is 3.80. The summed E-state index contributed by atoms with van der Waals surface area (Å²) in [5.41, 5.74) is 8.49. The first-order chi connectivity index (χ1) is 12.3. The Morgan fingerprint density at radius 3 is 2.73 bits per heavy atom. The Hall–Kier alpha value is -2.09. The lowest BCUT2D eigenvalue weighted by molar-refractivity contribution is 0.442. The molecule has 1 unspecified atom stereocenters. The SMILES string of the molecule is CC(C)(C)CNc1cc(N)c2nc(C3N=CCS3)c(=O)n(C3CC3)c2n1. The number of thioether (sulfide) groups is 1. The van der Waals surface area contributed by atoms with Crippen LogP contribution in [-0.4, -0.2) is 33.0 Å². The lowest BCUT2D eigenvalue weighted by atomic mass is 9.97. The average molecular weight is 372 g/mol. The predicted octanol–water partition coefficient (Wildman–Crippen LogP) is 2.98. The maximum Gasteiger partial charge on any atom is 0.277 e. The molecule has 0 saturated heterocycles. The summed E-state index contributed by atoms with van der Waals surface area (Å²) in [5, 5.41) is 3.09. The molecule has 0 aromatic carbocycles. The van der Waals surface area contributed by atoms with Gasteiger partial charge in [-0.3, -0.25) is 14.4 Å². The minimum Gasteiger partial charge on any atom is -0.397 e. The quantitative estimate of drug-likeness (QED) is 0.856. The molecule has 7 nitrogen and oxygen atoms in total. The fraction of sp³-hybridized carbons (Fsp3) is 0.556. The van der Waals surface area contributed by atoms with E-state index in [1.54, 1.807) is 22.4 Å². The zero-order chi connectivity index (χ0) is 18.5. The van der Waals surface area contributed by atoms with Gasteiger partial charge in [-0.25, -0.2) is 9.97 Å². The van der Waals surface area contributed by atoms with E-state index >= 15 is 0 Å². The summed E-state index contributed by atoms with van der Waals surface area (Å²) in [5.74, 6) is 1.48. The number of aliphatic imine (C=N–C) groups is 1. The molecule has 4 rings (SSSR count). The van der Waals surface area contributed by atoms with Gasteiger partial charge in [0.2, 0.25) is 0 Å². The third-order valence-electron chi connectivity index (χ3n) is 4.42. The van der Waals surface area contributed by atoms with E-state index in [1.165, 1.54) is 0 Å². The number of pyridine rings is 1. The Kier molecular flexibility index (Phi) is 4.17. The summed E-state index contributed by atoms with van der Waals surface area (Å²) in [6, 6.07) is 1.99. The molecule has 0 spiro atoms. The second-order valence-electron chi connectivity index (χ2n) is 8.10. The zero-order valence-corrected chi connectivity index (χ0v) is 16.1. The van der Waals surface area contributed by atoms with Gasteiger partial charge >= 0.3 is 0 Å². The van der Waals surface area contributed by atoms with Crippen molar-refractivity contribution in [1.82, 2.24) is 14.5 Å². The van der Waals surface area contributed by atoms with Crippen molar-refractivity contribution in [1.29, 1.82) is 0 Å². The van der Waals surface area contributed by atoms with Crippen LogP contribution in [0, 0.1) is 5.41 Å². The van der Waals surface area contributed by atoms with E-state index in [2.05, 4.69) is 36.1 Å². The van der Waals surface area contributed by atoms with Gasteiger partial charge in [0.05, 0.1) is 5.69 Å². The Balaban J connectivity index is 1.85.